The Hall–Kier alpha value is -3.22. The number of primary amides is 1. The molecule has 2 aromatic carbocycles. The summed E-state index contributed by atoms with van der Waals surface area (Å²) in [6.07, 6.45) is 0.170. The van der Waals surface area contributed by atoms with E-state index < -0.39 is 5.91 Å². The van der Waals surface area contributed by atoms with Gasteiger partial charge in [0.2, 0.25) is 12.7 Å². The summed E-state index contributed by atoms with van der Waals surface area (Å²) in [6, 6.07) is 11.7. The van der Waals surface area contributed by atoms with Crippen molar-refractivity contribution in [3.05, 3.63) is 48.0 Å². The molecule has 0 spiro atoms. The van der Waals surface area contributed by atoms with Gasteiger partial charge in [0.25, 0.3) is 0 Å². The summed E-state index contributed by atoms with van der Waals surface area (Å²) in [5.74, 6) is 0.853. The lowest BCUT2D eigenvalue weighted by Crippen LogP contribution is -2.19. The zero-order valence-corrected chi connectivity index (χ0v) is 12.2. The summed E-state index contributed by atoms with van der Waals surface area (Å²) in [7, 11) is 0. The lowest BCUT2D eigenvalue weighted by Gasteiger charge is -2.08. The lowest BCUT2D eigenvalue weighted by molar-refractivity contribution is -0.117. The molecule has 0 unspecified atom stereocenters. The molecule has 7 heteroatoms. The quantitative estimate of drug-likeness (QED) is 0.804. The van der Waals surface area contributed by atoms with Crippen molar-refractivity contribution < 1.29 is 19.1 Å². The predicted molar refractivity (Wildman–Crippen MR) is 84.5 cm³/mol. The fraction of sp³-hybridized carbons (Fsp3) is 0.125. The van der Waals surface area contributed by atoms with Crippen LogP contribution in [0.2, 0.25) is 0 Å². The van der Waals surface area contributed by atoms with Crippen molar-refractivity contribution in [1.82, 2.24) is 0 Å². The second-order valence-electron chi connectivity index (χ2n) is 4.99. The van der Waals surface area contributed by atoms with Crippen LogP contribution in [0.25, 0.3) is 0 Å². The van der Waals surface area contributed by atoms with E-state index >= 15 is 0 Å². The van der Waals surface area contributed by atoms with Gasteiger partial charge < -0.3 is 25.8 Å². The lowest BCUT2D eigenvalue weighted by atomic mass is 10.1. The van der Waals surface area contributed by atoms with Crippen molar-refractivity contribution in [2.24, 2.45) is 5.73 Å². The van der Waals surface area contributed by atoms with E-state index in [0.717, 1.165) is 5.56 Å². The summed E-state index contributed by atoms with van der Waals surface area (Å²) >= 11 is 0. The van der Waals surface area contributed by atoms with Crippen LogP contribution in [0.5, 0.6) is 11.5 Å². The van der Waals surface area contributed by atoms with E-state index in [1.165, 1.54) is 0 Å². The van der Waals surface area contributed by atoms with E-state index in [4.69, 9.17) is 15.2 Å². The molecule has 2 aromatic rings. The number of anilines is 2. The highest BCUT2D eigenvalue weighted by molar-refractivity contribution is 6.00. The molecule has 0 radical (unpaired) electrons. The number of ether oxygens (including phenoxy) is 2. The molecule has 0 aliphatic carbocycles. The van der Waals surface area contributed by atoms with E-state index in [2.05, 4.69) is 10.6 Å². The van der Waals surface area contributed by atoms with Gasteiger partial charge in [-0.1, -0.05) is 12.1 Å². The van der Waals surface area contributed by atoms with Crippen LogP contribution in [0.4, 0.5) is 16.2 Å². The number of rotatable bonds is 4. The number of carbonyl (C=O) groups excluding carboxylic acids is 2. The van der Waals surface area contributed by atoms with Gasteiger partial charge >= 0.3 is 6.03 Å². The van der Waals surface area contributed by atoms with Gasteiger partial charge in [0.1, 0.15) is 0 Å². The highest BCUT2D eigenvalue weighted by Gasteiger charge is 2.14. The van der Waals surface area contributed by atoms with E-state index in [1.54, 1.807) is 42.5 Å². The fourth-order valence-electron chi connectivity index (χ4n) is 2.17. The molecule has 7 nitrogen and oxygen atoms in total. The highest BCUT2D eigenvalue weighted by atomic mass is 16.7. The molecule has 1 aliphatic rings. The van der Waals surface area contributed by atoms with Gasteiger partial charge in [-0.05, 0) is 29.8 Å². The van der Waals surface area contributed by atoms with Gasteiger partial charge in [0.05, 0.1) is 6.42 Å². The maximum absolute atomic E-state index is 12.0. The van der Waals surface area contributed by atoms with Crippen LogP contribution in [0, 0.1) is 0 Å². The molecule has 23 heavy (non-hydrogen) atoms. The Morgan fingerprint density at radius 2 is 1.61 bits per heavy atom. The third-order valence-corrected chi connectivity index (χ3v) is 3.22. The van der Waals surface area contributed by atoms with Crippen LogP contribution in [-0.2, 0) is 11.2 Å². The summed E-state index contributed by atoms with van der Waals surface area (Å²) in [5.41, 5.74) is 7.12. The van der Waals surface area contributed by atoms with Crippen molar-refractivity contribution in [2.75, 3.05) is 17.4 Å². The van der Waals surface area contributed by atoms with Crippen molar-refractivity contribution in [1.29, 1.82) is 0 Å². The Kier molecular flexibility index (Phi) is 4.01. The summed E-state index contributed by atoms with van der Waals surface area (Å²) in [6.45, 7) is 0.183. The van der Waals surface area contributed by atoms with E-state index in [1.807, 2.05) is 0 Å². The maximum Gasteiger partial charge on any atom is 0.323 e. The Morgan fingerprint density at radius 1 is 0.957 bits per heavy atom. The molecule has 0 aromatic heterocycles. The molecular weight excluding hydrogens is 298 g/mol. The first-order valence-electron chi connectivity index (χ1n) is 6.95. The van der Waals surface area contributed by atoms with Gasteiger partial charge in [-0.15, -0.1) is 0 Å². The Morgan fingerprint density at radius 3 is 2.35 bits per heavy atom. The number of fused-ring (bicyclic) bond motifs is 1. The molecule has 0 atom stereocenters. The average molecular weight is 313 g/mol. The van der Waals surface area contributed by atoms with E-state index in [-0.39, 0.29) is 19.2 Å². The Labute approximate surface area is 132 Å². The topological polar surface area (TPSA) is 103 Å². The van der Waals surface area contributed by atoms with Crippen LogP contribution in [-0.4, -0.2) is 18.7 Å². The number of benzene rings is 2. The van der Waals surface area contributed by atoms with Gasteiger partial charge in [-0.3, -0.25) is 4.79 Å². The SMILES string of the molecule is NC(=O)Cc1ccc(NC(=O)Nc2ccc3c(c2)OCO3)cc1. The van der Waals surface area contributed by atoms with Crippen LogP contribution >= 0.6 is 0 Å². The third kappa shape index (κ3) is 3.70. The van der Waals surface area contributed by atoms with Gasteiger partial charge in [0.15, 0.2) is 11.5 Å². The van der Waals surface area contributed by atoms with Crippen molar-refractivity contribution in [2.45, 2.75) is 6.42 Å². The second-order valence-corrected chi connectivity index (χ2v) is 4.99. The van der Waals surface area contributed by atoms with Gasteiger partial charge in [0, 0.05) is 17.4 Å². The molecule has 3 rings (SSSR count). The van der Waals surface area contributed by atoms with Gasteiger partial charge in [-0.25, -0.2) is 4.79 Å². The van der Waals surface area contributed by atoms with Crippen LogP contribution in [0.3, 0.4) is 0 Å². The second kappa shape index (κ2) is 6.27. The molecule has 0 fully saturated rings. The molecule has 0 bridgehead atoms. The molecule has 3 amide bonds. The number of amides is 3. The number of urea groups is 1. The minimum Gasteiger partial charge on any atom is -0.454 e. The first kappa shape index (κ1) is 14.7. The molecule has 1 aliphatic heterocycles. The normalized spacial score (nSPS) is 11.8. The monoisotopic (exact) mass is 313 g/mol. The van der Waals surface area contributed by atoms with E-state index in [0.29, 0.717) is 22.9 Å². The number of nitrogens with two attached hydrogens (primary N) is 1. The zero-order valence-electron chi connectivity index (χ0n) is 12.2. The Balaban J connectivity index is 1.59. The molecule has 1 heterocycles. The van der Waals surface area contributed by atoms with Crippen LogP contribution < -0.4 is 25.8 Å². The third-order valence-electron chi connectivity index (χ3n) is 3.22. The first-order valence-corrected chi connectivity index (χ1v) is 6.95. The van der Waals surface area contributed by atoms with Gasteiger partial charge in [-0.2, -0.15) is 0 Å². The van der Waals surface area contributed by atoms with E-state index in [9.17, 15) is 9.59 Å². The van der Waals surface area contributed by atoms with Crippen LogP contribution in [0.1, 0.15) is 5.56 Å². The Bertz CT molecular complexity index is 743. The molecule has 0 saturated carbocycles. The predicted octanol–water partition coefficient (Wildman–Crippen LogP) is 2.09. The molecule has 4 N–H and O–H groups in total. The van der Waals surface area contributed by atoms with Crippen LogP contribution in [0.15, 0.2) is 42.5 Å². The summed E-state index contributed by atoms with van der Waals surface area (Å²) in [5, 5.41) is 5.41. The standard InChI is InChI=1S/C16H15N3O4/c17-15(20)7-10-1-3-11(4-2-10)18-16(21)19-12-5-6-13-14(8-12)23-9-22-13/h1-6,8H,7,9H2,(H2,17,20)(H2,18,19,21). The average Bonchev–Trinajstić information content (AvgIpc) is 2.96. The van der Waals surface area contributed by atoms with Crippen molar-refractivity contribution in [3.63, 3.8) is 0 Å². The summed E-state index contributed by atoms with van der Waals surface area (Å²) in [4.78, 5) is 22.8. The maximum atomic E-state index is 12.0. The number of carbonyl (C=O) groups is 2. The zero-order chi connectivity index (χ0) is 16.2. The molecular formula is C16H15N3O4. The number of hydrogen-bond donors (Lipinski definition) is 3. The number of nitrogens with one attached hydrogen (secondary N) is 2. The largest absolute Gasteiger partial charge is 0.454 e. The smallest absolute Gasteiger partial charge is 0.323 e. The first-order chi connectivity index (χ1) is 11.1. The minimum atomic E-state index is -0.397. The minimum absolute atomic E-state index is 0.170. The fourth-order valence-corrected chi connectivity index (χ4v) is 2.17. The van der Waals surface area contributed by atoms with Crippen molar-refractivity contribution >= 4 is 23.3 Å². The highest BCUT2D eigenvalue weighted by Crippen LogP contribution is 2.34. The van der Waals surface area contributed by atoms with Crippen molar-refractivity contribution in [3.8, 4) is 11.5 Å². The molecule has 0 saturated heterocycles. The number of hydrogen-bond acceptors (Lipinski definition) is 4. The summed E-state index contributed by atoms with van der Waals surface area (Å²) < 4.78 is 10.5. The molecule has 118 valence electrons.